The van der Waals surface area contributed by atoms with Crippen LogP contribution in [-0.4, -0.2) is 30.9 Å². The lowest BCUT2D eigenvalue weighted by Crippen LogP contribution is -2.50. The SMILES string of the molecule is c1ccc2cn(N3CCN(c4cccc5ccccc45)CC3)cc2c1. The van der Waals surface area contributed by atoms with Crippen LogP contribution in [0.4, 0.5) is 5.69 Å². The third-order valence-electron chi connectivity index (χ3n) is 5.23. The highest BCUT2D eigenvalue weighted by Gasteiger charge is 2.19. The molecule has 4 aromatic rings. The van der Waals surface area contributed by atoms with Gasteiger partial charge < -0.3 is 9.91 Å². The summed E-state index contributed by atoms with van der Waals surface area (Å²) < 4.78 is 2.27. The normalized spacial score (nSPS) is 15.2. The third-order valence-corrected chi connectivity index (χ3v) is 5.23. The summed E-state index contributed by atoms with van der Waals surface area (Å²) in [5.74, 6) is 0. The van der Waals surface area contributed by atoms with Gasteiger partial charge in [-0.05, 0) is 11.5 Å². The fraction of sp³-hybridized carbons (Fsp3) is 0.182. The minimum absolute atomic E-state index is 1.03. The first kappa shape index (κ1) is 14.4. The van der Waals surface area contributed by atoms with Gasteiger partial charge >= 0.3 is 0 Å². The molecule has 0 N–H and O–H groups in total. The van der Waals surface area contributed by atoms with Gasteiger partial charge in [0, 0.05) is 47.3 Å². The van der Waals surface area contributed by atoms with Crippen molar-refractivity contribution in [1.82, 2.24) is 4.68 Å². The van der Waals surface area contributed by atoms with E-state index in [9.17, 15) is 0 Å². The molecule has 0 unspecified atom stereocenters. The molecule has 3 heteroatoms. The van der Waals surface area contributed by atoms with Crippen LogP contribution in [0.1, 0.15) is 0 Å². The van der Waals surface area contributed by atoms with E-state index in [1.165, 1.54) is 27.2 Å². The van der Waals surface area contributed by atoms with Crippen molar-refractivity contribution in [2.75, 3.05) is 36.1 Å². The van der Waals surface area contributed by atoms with E-state index in [1.54, 1.807) is 0 Å². The molecule has 0 saturated carbocycles. The van der Waals surface area contributed by atoms with Gasteiger partial charge in [0.05, 0.1) is 13.1 Å². The Morgan fingerprint density at radius 3 is 1.88 bits per heavy atom. The maximum Gasteiger partial charge on any atom is 0.0520 e. The minimum Gasteiger partial charge on any atom is -0.367 e. The van der Waals surface area contributed by atoms with Crippen LogP contribution in [0.3, 0.4) is 0 Å². The van der Waals surface area contributed by atoms with Gasteiger partial charge in [-0.2, -0.15) is 0 Å². The summed E-state index contributed by atoms with van der Waals surface area (Å²) in [5.41, 5.74) is 1.36. The first-order valence-electron chi connectivity index (χ1n) is 8.93. The molecule has 0 aliphatic carbocycles. The maximum atomic E-state index is 2.52. The molecule has 3 nitrogen and oxygen atoms in total. The lowest BCUT2D eigenvalue weighted by Gasteiger charge is -2.38. The van der Waals surface area contributed by atoms with Crippen LogP contribution in [0.15, 0.2) is 79.1 Å². The van der Waals surface area contributed by atoms with Crippen LogP contribution in [-0.2, 0) is 0 Å². The molecule has 124 valence electrons. The Hall–Kier alpha value is -2.94. The first-order chi connectivity index (χ1) is 12.4. The van der Waals surface area contributed by atoms with Gasteiger partial charge in [0.15, 0.2) is 0 Å². The van der Waals surface area contributed by atoms with Crippen molar-refractivity contribution in [3.8, 4) is 0 Å². The number of rotatable bonds is 2. The Bertz CT molecular complexity index is 987. The second kappa shape index (κ2) is 5.85. The van der Waals surface area contributed by atoms with Crippen molar-refractivity contribution < 1.29 is 0 Å². The summed E-state index contributed by atoms with van der Waals surface area (Å²) >= 11 is 0. The number of aromatic nitrogens is 1. The highest BCUT2D eigenvalue weighted by atomic mass is 15.6. The fourth-order valence-electron chi connectivity index (χ4n) is 3.88. The molecule has 25 heavy (non-hydrogen) atoms. The largest absolute Gasteiger partial charge is 0.367 e. The van der Waals surface area contributed by atoms with E-state index in [1.807, 2.05) is 0 Å². The van der Waals surface area contributed by atoms with Gasteiger partial charge in [-0.15, -0.1) is 0 Å². The second-order valence-corrected chi connectivity index (χ2v) is 6.71. The summed E-state index contributed by atoms with van der Waals surface area (Å²) in [4.78, 5) is 2.52. The van der Waals surface area contributed by atoms with E-state index < -0.39 is 0 Å². The third kappa shape index (κ3) is 2.52. The van der Waals surface area contributed by atoms with Crippen molar-refractivity contribution in [2.45, 2.75) is 0 Å². The van der Waals surface area contributed by atoms with E-state index in [-0.39, 0.29) is 0 Å². The number of fused-ring (bicyclic) bond motifs is 2. The predicted octanol–water partition coefficient (Wildman–Crippen LogP) is 4.25. The van der Waals surface area contributed by atoms with E-state index >= 15 is 0 Å². The van der Waals surface area contributed by atoms with Gasteiger partial charge in [0.2, 0.25) is 0 Å². The Kier molecular flexibility index (Phi) is 3.37. The monoisotopic (exact) mass is 327 g/mol. The second-order valence-electron chi connectivity index (χ2n) is 6.71. The van der Waals surface area contributed by atoms with Crippen LogP contribution in [0, 0.1) is 0 Å². The number of nitrogens with zero attached hydrogens (tertiary/aromatic N) is 3. The van der Waals surface area contributed by atoms with E-state index in [4.69, 9.17) is 0 Å². The molecule has 0 spiro atoms. The summed E-state index contributed by atoms with van der Waals surface area (Å²) in [6, 6.07) is 23.8. The lowest BCUT2D eigenvalue weighted by molar-refractivity contribution is 0.531. The molecule has 0 bridgehead atoms. The molecule has 0 radical (unpaired) electrons. The van der Waals surface area contributed by atoms with Crippen LogP contribution < -0.4 is 9.91 Å². The fourth-order valence-corrected chi connectivity index (χ4v) is 3.88. The van der Waals surface area contributed by atoms with Gasteiger partial charge in [0.1, 0.15) is 0 Å². The minimum atomic E-state index is 1.03. The Morgan fingerprint density at radius 1 is 0.560 bits per heavy atom. The Labute approximate surface area is 147 Å². The van der Waals surface area contributed by atoms with E-state index in [0.717, 1.165) is 26.2 Å². The van der Waals surface area contributed by atoms with Crippen LogP contribution in [0.25, 0.3) is 21.5 Å². The Balaban J connectivity index is 1.38. The summed E-state index contributed by atoms with van der Waals surface area (Å²) in [6.45, 7) is 4.15. The van der Waals surface area contributed by atoms with Gasteiger partial charge in [-0.3, -0.25) is 4.68 Å². The number of hydrogen-bond acceptors (Lipinski definition) is 2. The smallest absolute Gasteiger partial charge is 0.0520 e. The first-order valence-corrected chi connectivity index (χ1v) is 8.93. The summed E-state index contributed by atoms with van der Waals surface area (Å²) in [5, 5.41) is 7.71. The van der Waals surface area contributed by atoms with E-state index in [2.05, 4.69) is 93.7 Å². The number of hydrogen-bond donors (Lipinski definition) is 0. The standard InChI is InChI=1S/C22H21N3/c1-2-8-20-17-25(16-19(20)7-1)24-14-12-23(13-15-24)22-11-5-9-18-6-3-4-10-21(18)22/h1-11,16-17H,12-15H2. The number of piperazine rings is 1. The molecule has 1 saturated heterocycles. The number of anilines is 1. The molecule has 0 atom stereocenters. The summed E-state index contributed by atoms with van der Waals surface area (Å²) in [6.07, 6.45) is 4.48. The highest BCUT2D eigenvalue weighted by molar-refractivity contribution is 5.94. The highest BCUT2D eigenvalue weighted by Crippen LogP contribution is 2.27. The average Bonchev–Trinajstić information content (AvgIpc) is 3.12. The van der Waals surface area contributed by atoms with E-state index in [0.29, 0.717) is 0 Å². The topological polar surface area (TPSA) is 11.4 Å². The van der Waals surface area contributed by atoms with Gasteiger partial charge in [-0.25, -0.2) is 0 Å². The van der Waals surface area contributed by atoms with Crippen LogP contribution >= 0.6 is 0 Å². The molecular weight excluding hydrogens is 306 g/mol. The molecule has 2 heterocycles. The molecular formula is C22H21N3. The molecule has 0 amide bonds. The summed E-state index contributed by atoms with van der Waals surface area (Å²) in [7, 11) is 0. The predicted molar refractivity (Wildman–Crippen MR) is 106 cm³/mol. The zero-order valence-corrected chi connectivity index (χ0v) is 14.2. The number of benzene rings is 3. The lowest BCUT2D eigenvalue weighted by atomic mass is 10.1. The van der Waals surface area contributed by atoms with Crippen molar-refractivity contribution in [3.63, 3.8) is 0 Å². The quantitative estimate of drug-likeness (QED) is 0.545. The molecule has 1 aromatic heterocycles. The molecule has 1 aliphatic heterocycles. The molecule has 5 rings (SSSR count). The van der Waals surface area contributed by atoms with Crippen molar-refractivity contribution in [2.24, 2.45) is 0 Å². The van der Waals surface area contributed by atoms with Crippen molar-refractivity contribution in [1.29, 1.82) is 0 Å². The maximum absolute atomic E-state index is 2.52. The van der Waals surface area contributed by atoms with Crippen molar-refractivity contribution >= 4 is 27.2 Å². The van der Waals surface area contributed by atoms with Gasteiger partial charge in [-0.1, -0.05) is 60.7 Å². The zero-order chi connectivity index (χ0) is 16.6. The van der Waals surface area contributed by atoms with Crippen LogP contribution in [0.2, 0.25) is 0 Å². The molecule has 3 aromatic carbocycles. The average molecular weight is 327 g/mol. The molecule has 1 fully saturated rings. The van der Waals surface area contributed by atoms with Crippen LogP contribution in [0.5, 0.6) is 0 Å². The zero-order valence-electron chi connectivity index (χ0n) is 14.2. The van der Waals surface area contributed by atoms with Gasteiger partial charge in [0.25, 0.3) is 0 Å². The Morgan fingerprint density at radius 2 is 1.16 bits per heavy atom. The van der Waals surface area contributed by atoms with Crippen molar-refractivity contribution in [3.05, 3.63) is 79.1 Å². The molecule has 1 aliphatic rings.